The molecule has 6 heteroatoms. The maximum Gasteiger partial charge on any atom is 0.223 e. The zero-order valence-corrected chi connectivity index (χ0v) is 15.9. The van der Waals surface area contributed by atoms with Crippen LogP contribution in [0.5, 0.6) is 0 Å². The Hall–Kier alpha value is -1.92. The Bertz CT molecular complexity index is 698. The van der Waals surface area contributed by atoms with Gasteiger partial charge < -0.3 is 9.80 Å². The minimum atomic E-state index is 0.293. The number of hydrogen-bond donors (Lipinski definition) is 0. The van der Waals surface area contributed by atoms with Crippen molar-refractivity contribution in [2.45, 2.75) is 25.3 Å². The molecule has 4 heterocycles. The smallest absolute Gasteiger partial charge is 0.223 e. The number of hydrogen-bond acceptors (Lipinski definition) is 5. The highest BCUT2D eigenvalue weighted by molar-refractivity contribution is 7.07. The van der Waals surface area contributed by atoms with Gasteiger partial charge in [-0.3, -0.25) is 9.69 Å². The number of carbonyl (C=O) groups excluding carboxylic acids is 1. The van der Waals surface area contributed by atoms with Crippen LogP contribution in [0.25, 0.3) is 0 Å². The van der Waals surface area contributed by atoms with E-state index in [4.69, 9.17) is 0 Å². The molecule has 0 bridgehead atoms. The Labute approximate surface area is 159 Å². The number of nitrogens with zero attached hydrogens (tertiary/aromatic N) is 4. The molecule has 0 radical (unpaired) electrons. The first kappa shape index (κ1) is 17.5. The zero-order chi connectivity index (χ0) is 17.8. The molecular weight excluding hydrogens is 344 g/mol. The molecule has 2 aliphatic heterocycles. The third-order valence-electron chi connectivity index (χ3n) is 5.51. The number of rotatable bonds is 5. The van der Waals surface area contributed by atoms with Crippen LogP contribution in [0.3, 0.4) is 0 Å². The van der Waals surface area contributed by atoms with E-state index in [2.05, 4.69) is 31.6 Å². The van der Waals surface area contributed by atoms with Crippen molar-refractivity contribution in [1.82, 2.24) is 14.8 Å². The van der Waals surface area contributed by atoms with E-state index in [1.807, 2.05) is 29.3 Å². The summed E-state index contributed by atoms with van der Waals surface area (Å²) in [6, 6.07) is 8.72. The maximum atomic E-state index is 12.7. The molecule has 2 aromatic rings. The number of pyridine rings is 1. The highest BCUT2D eigenvalue weighted by atomic mass is 32.1. The summed E-state index contributed by atoms with van der Waals surface area (Å²) in [6.45, 7) is 5.31. The second-order valence-electron chi connectivity index (χ2n) is 7.06. The molecule has 138 valence electrons. The van der Waals surface area contributed by atoms with Crippen molar-refractivity contribution in [1.29, 1.82) is 0 Å². The van der Waals surface area contributed by atoms with E-state index < -0.39 is 0 Å². The first-order valence-electron chi connectivity index (χ1n) is 9.51. The van der Waals surface area contributed by atoms with Gasteiger partial charge in [-0.05, 0) is 53.9 Å². The number of amides is 1. The molecule has 0 spiro atoms. The van der Waals surface area contributed by atoms with Gasteiger partial charge in [-0.25, -0.2) is 4.98 Å². The fourth-order valence-corrected chi connectivity index (χ4v) is 4.77. The minimum Gasteiger partial charge on any atom is -0.353 e. The first-order chi connectivity index (χ1) is 12.8. The first-order valence-corrected chi connectivity index (χ1v) is 10.5. The van der Waals surface area contributed by atoms with Crippen molar-refractivity contribution in [3.05, 3.63) is 46.8 Å². The lowest BCUT2D eigenvalue weighted by Gasteiger charge is -2.36. The van der Waals surface area contributed by atoms with Crippen molar-refractivity contribution in [3.8, 4) is 0 Å². The maximum absolute atomic E-state index is 12.7. The molecule has 1 amide bonds. The summed E-state index contributed by atoms with van der Waals surface area (Å²) in [5, 5.41) is 4.40. The third-order valence-corrected chi connectivity index (χ3v) is 6.21. The molecule has 26 heavy (non-hydrogen) atoms. The van der Waals surface area contributed by atoms with Crippen LogP contribution in [0.1, 0.15) is 30.9 Å². The second-order valence-corrected chi connectivity index (χ2v) is 7.84. The Morgan fingerprint density at radius 1 is 1.15 bits per heavy atom. The average Bonchev–Trinajstić information content (AvgIpc) is 3.38. The molecule has 0 N–H and O–H groups in total. The number of aromatic nitrogens is 1. The van der Waals surface area contributed by atoms with Crippen LogP contribution in [-0.2, 0) is 4.79 Å². The summed E-state index contributed by atoms with van der Waals surface area (Å²) in [5.74, 6) is 1.30. The Morgan fingerprint density at radius 3 is 2.77 bits per heavy atom. The summed E-state index contributed by atoms with van der Waals surface area (Å²) >= 11 is 1.76. The summed E-state index contributed by atoms with van der Waals surface area (Å²) < 4.78 is 0. The fourth-order valence-electron chi connectivity index (χ4n) is 4.06. The molecule has 0 aromatic carbocycles. The SMILES string of the molecule is O=C(CCN1CCC[C@@H]1c1ccsc1)N1CCN(c2ccccn2)CC1. The Morgan fingerprint density at radius 2 is 2.04 bits per heavy atom. The summed E-state index contributed by atoms with van der Waals surface area (Å²) in [6.07, 6.45) is 4.90. The van der Waals surface area contributed by atoms with Crippen LogP contribution < -0.4 is 4.90 Å². The van der Waals surface area contributed by atoms with Crippen LogP contribution in [-0.4, -0.2) is 60.0 Å². The van der Waals surface area contributed by atoms with Gasteiger partial charge in [0.2, 0.25) is 5.91 Å². The van der Waals surface area contributed by atoms with Gasteiger partial charge in [0.25, 0.3) is 0 Å². The number of thiophene rings is 1. The van der Waals surface area contributed by atoms with Gasteiger partial charge in [-0.15, -0.1) is 0 Å². The van der Waals surface area contributed by atoms with E-state index in [0.29, 0.717) is 18.4 Å². The van der Waals surface area contributed by atoms with E-state index >= 15 is 0 Å². The number of carbonyl (C=O) groups is 1. The van der Waals surface area contributed by atoms with Gasteiger partial charge in [0.15, 0.2) is 0 Å². The van der Waals surface area contributed by atoms with Gasteiger partial charge in [0, 0.05) is 51.4 Å². The summed E-state index contributed by atoms with van der Waals surface area (Å²) in [5.41, 5.74) is 1.42. The standard InChI is InChI=1S/C20H26N4OS/c25-20(6-10-22-9-3-4-18(22)17-7-15-26-16-17)24-13-11-23(12-14-24)19-5-1-2-8-21-19/h1-2,5,7-8,15-16,18H,3-4,6,9-14H2/t18-/m1/s1. The quantitative estimate of drug-likeness (QED) is 0.811. The van der Waals surface area contributed by atoms with E-state index in [1.165, 1.54) is 18.4 Å². The zero-order valence-electron chi connectivity index (χ0n) is 15.1. The largest absolute Gasteiger partial charge is 0.353 e. The number of likely N-dealkylation sites (tertiary alicyclic amines) is 1. The van der Waals surface area contributed by atoms with Crippen LogP contribution in [0.2, 0.25) is 0 Å². The van der Waals surface area contributed by atoms with Crippen molar-refractivity contribution in [2.75, 3.05) is 44.2 Å². The number of anilines is 1. The molecule has 4 rings (SSSR count). The fraction of sp³-hybridized carbons (Fsp3) is 0.500. The average molecular weight is 371 g/mol. The monoisotopic (exact) mass is 370 g/mol. The molecule has 2 aromatic heterocycles. The second kappa shape index (κ2) is 8.18. The van der Waals surface area contributed by atoms with Gasteiger partial charge in [0.05, 0.1) is 0 Å². The van der Waals surface area contributed by atoms with Crippen molar-refractivity contribution < 1.29 is 4.79 Å². The topological polar surface area (TPSA) is 39.7 Å². The summed E-state index contributed by atoms with van der Waals surface area (Å²) in [7, 11) is 0. The predicted molar refractivity (Wildman–Crippen MR) is 106 cm³/mol. The van der Waals surface area contributed by atoms with Crippen LogP contribution in [0, 0.1) is 0 Å². The molecule has 0 saturated carbocycles. The van der Waals surface area contributed by atoms with E-state index in [1.54, 1.807) is 11.3 Å². The van der Waals surface area contributed by atoms with E-state index in [9.17, 15) is 4.79 Å². The van der Waals surface area contributed by atoms with Crippen molar-refractivity contribution in [3.63, 3.8) is 0 Å². The number of piperazine rings is 1. The Kier molecular flexibility index (Phi) is 5.51. The molecule has 0 aliphatic carbocycles. The molecule has 2 fully saturated rings. The third kappa shape index (κ3) is 3.91. The molecule has 2 aliphatic rings. The van der Waals surface area contributed by atoms with Crippen LogP contribution in [0.15, 0.2) is 41.2 Å². The van der Waals surface area contributed by atoms with Crippen molar-refractivity contribution in [2.24, 2.45) is 0 Å². The highest BCUT2D eigenvalue weighted by Gasteiger charge is 2.28. The molecular formula is C20H26N4OS. The highest BCUT2D eigenvalue weighted by Crippen LogP contribution is 2.33. The lowest BCUT2D eigenvalue weighted by atomic mass is 10.1. The molecule has 1 atom stereocenters. The summed E-state index contributed by atoms with van der Waals surface area (Å²) in [4.78, 5) is 23.8. The van der Waals surface area contributed by atoms with Crippen LogP contribution >= 0.6 is 11.3 Å². The minimum absolute atomic E-state index is 0.293. The molecule has 0 unspecified atom stereocenters. The van der Waals surface area contributed by atoms with Gasteiger partial charge in [-0.1, -0.05) is 6.07 Å². The Balaban J connectivity index is 1.26. The van der Waals surface area contributed by atoms with Gasteiger partial charge in [-0.2, -0.15) is 11.3 Å². The van der Waals surface area contributed by atoms with E-state index in [-0.39, 0.29) is 0 Å². The molecule has 2 saturated heterocycles. The van der Waals surface area contributed by atoms with Crippen LogP contribution in [0.4, 0.5) is 5.82 Å². The van der Waals surface area contributed by atoms with Crippen molar-refractivity contribution >= 4 is 23.1 Å². The predicted octanol–water partition coefficient (Wildman–Crippen LogP) is 3.02. The van der Waals surface area contributed by atoms with Gasteiger partial charge in [0.1, 0.15) is 5.82 Å². The van der Waals surface area contributed by atoms with E-state index in [0.717, 1.165) is 45.1 Å². The molecule has 5 nitrogen and oxygen atoms in total. The lowest BCUT2D eigenvalue weighted by Crippen LogP contribution is -2.49. The lowest BCUT2D eigenvalue weighted by molar-refractivity contribution is -0.131. The van der Waals surface area contributed by atoms with Gasteiger partial charge >= 0.3 is 0 Å². The normalized spacial score (nSPS) is 21.3.